The second-order valence-electron chi connectivity index (χ2n) is 4.52. The van der Waals surface area contributed by atoms with E-state index in [1.54, 1.807) is 6.07 Å². The maximum atomic E-state index is 12.2. The van der Waals surface area contributed by atoms with Crippen LogP contribution >= 0.6 is 11.8 Å². The molecule has 1 aromatic carbocycles. The smallest absolute Gasteiger partial charge is 0.270 e. The van der Waals surface area contributed by atoms with Gasteiger partial charge in [-0.2, -0.15) is 0 Å². The number of nitro groups is 1. The van der Waals surface area contributed by atoms with Crippen LogP contribution in [0.2, 0.25) is 0 Å². The third-order valence-electron chi connectivity index (χ3n) is 3.14. The average molecular weight is 320 g/mol. The molecule has 2 aromatic rings. The van der Waals surface area contributed by atoms with Crippen LogP contribution in [0.3, 0.4) is 0 Å². The number of thioether (sulfide) groups is 1. The number of carbonyl (C=O) groups is 1. The van der Waals surface area contributed by atoms with Gasteiger partial charge in [-0.1, -0.05) is 30.8 Å². The molecular weight excluding hydrogens is 304 g/mol. The third kappa shape index (κ3) is 3.51. The summed E-state index contributed by atoms with van der Waals surface area (Å²) in [5.41, 5.74) is 0.251. The zero-order valence-corrected chi connectivity index (χ0v) is 13.2. The first-order chi connectivity index (χ1) is 10.6. The van der Waals surface area contributed by atoms with E-state index in [2.05, 4.69) is 10.2 Å². The summed E-state index contributed by atoms with van der Waals surface area (Å²) in [5.74, 6) is 0.883. The lowest BCUT2D eigenvalue weighted by molar-refractivity contribution is -0.384. The number of carbonyl (C=O) groups excluding carboxylic acids is 1. The molecule has 0 atom stereocenters. The molecule has 7 nitrogen and oxygen atoms in total. The Morgan fingerprint density at radius 2 is 2.14 bits per heavy atom. The van der Waals surface area contributed by atoms with Crippen LogP contribution in [0.1, 0.15) is 30.0 Å². The maximum Gasteiger partial charge on any atom is 0.270 e. The fourth-order valence-electron chi connectivity index (χ4n) is 2.01. The molecule has 0 fully saturated rings. The highest BCUT2D eigenvalue weighted by atomic mass is 32.2. The third-order valence-corrected chi connectivity index (χ3v) is 4.10. The number of non-ortho nitro benzene ring substituents is 1. The summed E-state index contributed by atoms with van der Waals surface area (Å²) >= 11 is 1.29. The summed E-state index contributed by atoms with van der Waals surface area (Å²) in [7, 11) is 0. The predicted molar refractivity (Wildman–Crippen MR) is 83.2 cm³/mol. The Balaban J connectivity index is 2.08. The molecule has 1 aromatic heterocycles. The average Bonchev–Trinajstić information content (AvgIpc) is 2.94. The van der Waals surface area contributed by atoms with Crippen molar-refractivity contribution >= 4 is 23.2 Å². The van der Waals surface area contributed by atoms with Gasteiger partial charge in [-0.05, 0) is 6.92 Å². The molecule has 0 radical (unpaired) electrons. The van der Waals surface area contributed by atoms with Crippen molar-refractivity contribution in [3.63, 3.8) is 0 Å². The Morgan fingerprint density at radius 1 is 1.36 bits per heavy atom. The highest BCUT2D eigenvalue weighted by Crippen LogP contribution is 2.20. The fraction of sp³-hybridized carbons (Fsp3) is 0.357. The molecule has 2 rings (SSSR count). The number of rotatable bonds is 7. The Hall–Kier alpha value is -2.22. The topological polar surface area (TPSA) is 90.9 Å². The molecule has 8 heteroatoms. The molecule has 1 heterocycles. The predicted octanol–water partition coefficient (Wildman–Crippen LogP) is 2.74. The molecule has 0 amide bonds. The number of aromatic nitrogens is 3. The monoisotopic (exact) mass is 320 g/mol. The van der Waals surface area contributed by atoms with Crippen LogP contribution < -0.4 is 0 Å². The number of Topliss-reactive ketones (excluding diaryl/α,β-unsaturated/α-hetero) is 1. The molecule has 116 valence electrons. The van der Waals surface area contributed by atoms with Gasteiger partial charge in [0.1, 0.15) is 5.82 Å². The summed E-state index contributed by atoms with van der Waals surface area (Å²) in [6.07, 6.45) is 0.778. The molecule has 0 spiro atoms. The second-order valence-corrected chi connectivity index (χ2v) is 5.46. The summed E-state index contributed by atoms with van der Waals surface area (Å²) in [6.45, 7) is 4.73. The van der Waals surface area contributed by atoms with Crippen molar-refractivity contribution in [3.8, 4) is 0 Å². The molecule has 0 aliphatic rings. The zero-order valence-electron chi connectivity index (χ0n) is 12.4. The van der Waals surface area contributed by atoms with E-state index in [0.29, 0.717) is 10.7 Å². The van der Waals surface area contributed by atoms with Crippen LogP contribution in [0.5, 0.6) is 0 Å². The van der Waals surface area contributed by atoms with Crippen LogP contribution in [0, 0.1) is 10.1 Å². The Bertz CT molecular complexity index is 699. The lowest BCUT2D eigenvalue weighted by Gasteiger charge is -2.05. The van der Waals surface area contributed by atoms with Crippen molar-refractivity contribution in [1.82, 2.24) is 14.8 Å². The first-order valence-corrected chi connectivity index (χ1v) is 7.87. The molecule has 0 aliphatic heterocycles. The SMILES string of the molecule is CCc1nnc(SCC(=O)c2cccc([N+](=O)[O-])c2)n1CC. The minimum atomic E-state index is -0.509. The molecule has 0 bridgehead atoms. The van der Waals surface area contributed by atoms with E-state index in [4.69, 9.17) is 0 Å². The van der Waals surface area contributed by atoms with Gasteiger partial charge in [0.15, 0.2) is 10.9 Å². The van der Waals surface area contributed by atoms with Gasteiger partial charge in [0.2, 0.25) is 0 Å². The number of nitro benzene ring substituents is 1. The van der Waals surface area contributed by atoms with Crippen LogP contribution in [-0.2, 0) is 13.0 Å². The minimum Gasteiger partial charge on any atom is -0.306 e. The molecule has 0 aliphatic carbocycles. The highest BCUT2D eigenvalue weighted by molar-refractivity contribution is 7.99. The van der Waals surface area contributed by atoms with Gasteiger partial charge >= 0.3 is 0 Å². The Morgan fingerprint density at radius 3 is 2.77 bits per heavy atom. The van der Waals surface area contributed by atoms with Crippen molar-refractivity contribution < 1.29 is 9.72 Å². The van der Waals surface area contributed by atoms with Crippen molar-refractivity contribution in [3.05, 3.63) is 45.8 Å². The molecular formula is C14H16N4O3S. The van der Waals surface area contributed by atoms with Crippen molar-refractivity contribution in [2.75, 3.05) is 5.75 Å². The largest absolute Gasteiger partial charge is 0.306 e. The minimum absolute atomic E-state index is 0.0826. The number of aryl methyl sites for hydroxylation is 1. The number of hydrogen-bond donors (Lipinski definition) is 0. The van der Waals surface area contributed by atoms with E-state index in [1.165, 1.54) is 30.0 Å². The maximum absolute atomic E-state index is 12.2. The molecule has 0 N–H and O–H groups in total. The standard InChI is InChI=1S/C14H16N4O3S/c1-3-13-15-16-14(17(13)4-2)22-9-12(19)10-6-5-7-11(8-10)18(20)21/h5-8H,3-4,9H2,1-2H3. The first-order valence-electron chi connectivity index (χ1n) is 6.89. The number of nitrogens with zero attached hydrogens (tertiary/aromatic N) is 4. The van der Waals surface area contributed by atoms with Crippen molar-refractivity contribution in [2.45, 2.75) is 32.0 Å². The molecule has 0 saturated carbocycles. The van der Waals surface area contributed by atoms with E-state index in [-0.39, 0.29) is 17.2 Å². The van der Waals surface area contributed by atoms with Gasteiger partial charge in [-0.25, -0.2) is 0 Å². The van der Waals surface area contributed by atoms with Crippen molar-refractivity contribution in [2.24, 2.45) is 0 Å². The Kier molecular flexibility index (Phi) is 5.26. The van der Waals surface area contributed by atoms with Gasteiger partial charge < -0.3 is 4.57 Å². The van der Waals surface area contributed by atoms with Crippen LogP contribution in [0.25, 0.3) is 0 Å². The van der Waals surface area contributed by atoms with E-state index < -0.39 is 4.92 Å². The normalized spacial score (nSPS) is 10.6. The van der Waals surface area contributed by atoms with E-state index in [0.717, 1.165) is 18.8 Å². The summed E-state index contributed by atoms with van der Waals surface area (Å²) in [5, 5.41) is 19.6. The zero-order chi connectivity index (χ0) is 16.1. The van der Waals surface area contributed by atoms with Gasteiger partial charge in [0, 0.05) is 30.7 Å². The van der Waals surface area contributed by atoms with Crippen LogP contribution in [-0.4, -0.2) is 31.2 Å². The number of benzene rings is 1. The quantitative estimate of drug-likeness (QED) is 0.337. The van der Waals surface area contributed by atoms with Crippen LogP contribution in [0.15, 0.2) is 29.4 Å². The van der Waals surface area contributed by atoms with E-state index >= 15 is 0 Å². The van der Waals surface area contributed by atoms with Crippen LogP contribution in [0.4, 0.5) is 5.69 Å². The second kappa shape index (κ2) is 7.17. The van der Waals surface area contributed by atoms with Gasteiger partial charge in [0.05, 0.1) is 10.7 Å². The lowest BCUT2D eigenvalue weighted by atomic mass is 10.1. The lowest BCUT2D eigenvalue weighted by Crippen LogP contribution is -2.06. The number of hydrogen-bond acceptors (Lipinski definition) is 6. The number of ketones is 1. The van der Waals surface area contributed by atoms with E-state index in [1.807, 2.05) is 18.4 Å². The fourth-order valence-corrected chi connectivity index (χ4v) is 2.93. The first kappa shape index (κ1) is 16.2. The van der Waals surface area contributed by atoms with Gasteiger partial charge in [0.25, 0.3) is 5.69 Å². The summed E-state index contributed by atoms with van der Waals surface area (Å²) in [6, 6.07) is 5.76. The van der Waals surface area contributed by atoms with Crippen molar-refractivity contribution in [1.29, 1.82) is 0 Å². The molecule has 0 saturated heterocycles. The van der Waals surface area contributed by atoms with E-state index in [9.17, 15) is 14.9 Å². The van der Waals surface area contributed by atoms with Gasteiger partial charge in [-0.15, -0.1) is 10.2 Å². The Labute approximate surface area is 131 Å². The molecule has 0 unspecified atom stereocenters. The van der Waals surface area contributed by atoms with Gasteiger partial charge in [-0.3, -0.25) is 14.9 Å². The summed E-state index contributed by atoms with van der Waals surface area (Å²) in [4.78, 5) is 22.4. The summed E-state index contributed by atoms with van der Waals surface area (Å²) < 4.78 is 1.96. The molecule has 22 heavy (non-hydrogen) atoms. The highest BCUT2D eigenvalue weighted by Gasteiger charge is 2.15.